The molecule has 0 aliphatic heterocycles. The Morgan fingerprint density at radius 2 is 1.81 bits per heavy atom. The highest BCUT2D eigenvalue weighted by atomic mass is 19.4. The number of aromatic nitrogens is 3. The molecule has 2 heterocycles. The number of carbonyl (C=O) groups is 2. The van der Waals surface area contributed by atoms with E-state index in [2.05, 4.69) is 25.5 Å². The molecule has 162 valence electrons. The molecule has 31 heavy (non-hydrogen) atoms. The minimum atomic E-state index is -4.48. The zero-order valence-electron chi connectivity index (χ0n) is 16.5. The molecule has 0 saturated carbocycles. The van der Waals surface area contributed by atoms with Crippen molar-refractivity contribution in [3.05, 3.63) is 71.2 Å². The number of ether oxygens (including phenoxy) is 1. The molecule has 0 aliphatic carbocycles. The van der Waals surface area contributed by atoms with Crippen molar-refractivity contribution in [1.82, 2.24) is 20.1 Å². The topological polar surface area (TPSA) is 98.1 Å². The van der Waals surface area contributed by atoms with Gasteiger partial charge in [0.2, 0.25) is 0 Å². The van der Waals surface area contributed by atoms with Gasteiger partial charge in [-0.1, -0.05) is 12.1 Å². The largest absolute Gasteiger partial charge is 0.453 e. The third-order valence-corrected chi connectivity index (χ3v) is 4.39. The van der Waals surface area contributed by atoms with E-state index in [9.17, 15) is 22.8 Å². The molecular formula is C20H18F3N5O3. The molecule has 3 rings (SSSR count). The van der Waals surface area contributed by atoms with E-state index in [0.717, 1.165) is 17.8 Å². The van der Waals surface area contributed by atoms with Crippen LogP contribution in [0.5, 0.6) is 0 Å². The number of rotatable bonds is 5. The SMILES string of the molecule is COC(=O)Nc1ccc(CNC(=O)c2cnn(-c3ccc(C(F)(F)F)cn3)c2C)cc1. The predicted molar refractivity (Wildman–Crippen MR) is 105 cm³/mol. The Bertz CT molecular complexity index is 1080. The molecule has 0 fully saturated rings. The van der Waals surface area contributed by atoms with Crippen molar-refractivity contribution in [3.8, 4) is 5.82 Å². The number of alkyl halides is 3. The molecule has 8 nitrogen and oxygen atoms in total. The first-order valence-corrected chi connectivity index (χ1v) is 8.99. The van der Waals surface area contributed by atoms with Crippen molar-refractivity contribution in [2.45, 2.75) is 19.6 Å². The van der Waals surface area contributed by atoms with Gasteiger partial charge in [0.05, 0.1) is 30.1 Å². The van der Waals surface area contributed by atoms with Crippen LogP contribution in [0.2, 0.25) is 0 Å². The third-order valence-electron chi connectivity index (χ3n) is 4.39. The number of carbonyl (C=O) groups excluding carboxylic acids is 2. The maximum Gasteiger partial charge on any atom is 0.417 e. The summed E-state index contributed by atoms with van der Waals surface area (Å²) in [5, 5.41) is 9.33. The highest BCUT2D eigenvalue weighted by molar-refractivity contribution is 5.95. The number of nitrogens with zero attached hydrogens (tertiary/aromatic N) is 3. The van der Waals surface area contributed by atoms with E-state index in [0.29, 0.717) is 11.4 Å². The first-order valence-electron chi connectivity index (χ1n) is 8.99. The summed E-state index contributed by atoms with van der Waals surface area (Å²) in [5.41, 5.74) is 1.17. The molecule has 2 aromatic heterocycles. The molecule has 1 aromatic carbocycles. The first kappa shape index (κ1) is 21.8. The second kappa shape index (κ2) is 8.86. The third kappa shape index (κ3) is 5.18. The fraction of sp³-hybridized carbons (Fsp3) is 0.200. The summed E-state index contributed by atoms with van der Waals surface area (Å²) in [6.07, 6.45) is -3.03. The molecule has 0 bridgehead atoms. The van der Waals surface area contributed by atoms with E-state index >= 15 is 0 Å². The second-order valence-corrected chi connectivity index (χ2v) is 6.45. The number of amides is 2. The number of hydrogen-bond acceptors (Lipinski definition) is 5. The van der Waals surface area contributed by atoms with Crippen LogP contribution in [0.3, 0.4) is 0 Å². The summed E-state index contributed by atoms with van der Waals surface area (Å²) in [4.78, 5) is 27.5. The summed E-state index contributed by atoms with van der Waals surface area (Å²) in [6.45, 7) is 1.84. The summed E-state index contributed by atoms with van der Waals surface area (Å²) in [7, 11) is 1.26. The molecule has 0 aliphatic rings. The molecule has 11 heteroatoms. The molecule has 0 saturated heterocycles. The van der Waals surface area contributed by atoms with Gasteiger partial charge in [0.25, 0.3) is 5.91 Å². The molecule has 0 spiro atoms. The Morgan fingerprint density at radius 3 is 2.39 bits per heavy atom. The van der Waals surface area contributed by atoms with Crippen LogP contribution >= 0.6 is 0 Å². The fourth-order valence-electron chi connectivity index (χ4n) is 2.69. The summed E-state index contributed by atoms with van der Waals surface area (Å²) in [6, 6.07) is 8.88. The van der Waals surface area contributed by atoms with Crippen LogP contribution in [0.1, 0.15) is 27.2 Å². The Balaban J connectivity index is 1.65. The molecule has 0 radical (unpaired) electrons. The Hall–Kier alpha value is -3.89. The van der Waals surface area contributed by atoms with Crippen LogP contribution in [-0.4, -0.2) is 33.9 Å². The van der Waals surface area contributed by atoms with Gasteiger partial charge in [0.1, 0.15) is 0 Å². The van der Waals surface area contributed by atoms with Crippen LogP contribution in [0.15, 0.2) is 48.8 Å². The van der Waals surface area contributed by atoms with Gasteiger partial charge in [-0.25, -0.2) is 14.5 Å². The van der Waals surface area contributed by atoms with Crippen molar-refractivity contribution in [1.29, 1.82) is 0 Å². The Morgan fingerprint density at radius 1 is 1.10 bits per heavy atom. The lowest BCUT2D eigenvalue weighted by molar-refractivity contribution is -0.137. The van der Waals surface area contributed by atoms with Crippen LogP contribution in [0.25, 0.3) is 5.82 Å². The number of methoxy groups -OCH3 is 1. The minimum absolute atomic E-state index is 0.165. The average Bonchev–Trinajstić information content (AvgIpc) is 3.13. The monoisotopic (exact) mass is 433 g/mol. The first-order chi connectivity index (χ1) is 14.7. The van der Waals surface area contributed by atoms with Crippen LogP contribution in [-0.2, 0) is 17.5 Å². The summed E-state index contributed by atoms with van der Waals surface area (Å²) in [5.74, 6) is -0.231. The van der Waals surface area contributed by atoms with Gasteiger partial charge in [0.15, 0.2) is 5.82 Å². The van der Waals surface area contributed by atoms with Gasteiger partial charge in [0, 0.05) is 18.4 Å². The van der Waals surface area contributed by atoms with Crippen LogP contribution in [0, 0.1) is 6.92 Å². The summed E-state index contributed by atoms with van der Waals surface area (Å²) < 4.78 is 43.9. The smallest absolute Gasteiger partial charge is 0.417 e. The van der Waals surface area contributed by atoms with Gasteiger partial charge in [-0.15, -0.1) is 0 Å². The molecule has 2 amide bonds. The van der Waals surface area contributed by atoms with Crippen molar-refractivity contribution >= 4 is 17.7 Å². The second-order valence-electron chi connectivity index (χ2n) is 6.45. The number of pyridine rings is 1. The fourth-order valence-corrected chi connectivity index (χ4v) is 2.69. The lowest BCUT2D eigenvalue weighted by Crippen LogP contribution is -2.23. The minimum Gasteiger partial charge on any atom is -0.453 e. The van der Waals surface area contributed by atoms with E-state index < -0.39 is 23.7 Å². The lowest BCUT2D eigenvalue weighted by Gasteiger charge is -2.09. The van der Waals surface area contributed by atoms with Gasteiger partial charge in [-0.2, -0.15) is 18.3 Å². The average molecular weight is 433 g/mol. The van der Waals surface area contributed by atoms with Crippen molar-refractivity contribution in [3.63, 3.8) is 0 Å². The highest BCUT2D eigenvalue weighted by Crippen LogP contribution is 2.28. The maximum absolute atomic E-state index is 12.7. The number of benzene rings is 1. The molecule has 2 N–H and O–H groups in total. The normalized spacial score (nSPS) is 11.1. The van der Waals surface area contributed by atoms with Crippen molar-refractivity contribution in [2.24, 2.45) is 0 Å². The van der Waals surface area contributed by atoms with Gasteiger partial charge >= 0.3 is 12.3 Å². The predicted octanol–water partition coefficient (Wildman–Crippen LogP) is 3.70. The zero-order chi connectivity index (χ0) is 22.6. The molecule has 0 unspecified atom stereocenters. The number of hydrogen-bond donors (Lipinski definition) is 2. The zero-order valence-corrected chi connectivity index (χ0v) is 16.5. The lowest BCUT2D eigenvalue weighted by atomic mass is 10.2. The molecular weight excluding hydrogens is 415 g/mol. The van der Waals surface area contributed by atoms with E-state index in [-0.39, 0.29) is 17.9 Å². The van der Waals surface area contributed by atoms with E-state index in [1.165, 1.54) is 24.1 Å². The highest BCUT2D eigenvalue weighted by Gasteiger charge is 2.30. The van der Waals surface area contributed by atoms with E-state index in [1.807, 2.05) is 0 Å². The van der Waals surface area contributed by atoms with Crippen LogP contribution in [0.4, 0.5) is 23.7 Å². The summed E-state index contributed by atoms with van der Waals surface area (Å²) >= 11 is 0. The Labute approximate surface area is 175 Å². The Kier molecular flexibility index (Phi) is 6.23. The van der Waals surface area contributed by atoms with E-state index in [4.69, 9.17) is 0 Å². The quantitative estimate of drug-likeness (QED) is 0.639. The van der Waals surface area contributed by atoms with Crippen molar-refractivity contribution < 1.29 is 27.5 Å². The van der Waals surface area contributed by atoms with E-state index in [1.54, 1.807) is 31.2 Å². The number of anilines is 1. The van der Waals surface area contributed by atoms with Crippen molar-refractivity contribution in [2.75, 3.05) is 12.4 Å². The number of nitrogens with one attached hydrogen (secondary N) is 2. The molecule has 3 aromatic rings. The van der Waals surface area contributed by atoms with Gasteiger partial charge in [-0.05, 0) is 36.8 Å². The van der Waals surface area contributed by atoms with Crippen LogP contribution < -0.4 is 10.6 Å². The molecule has 0 atom stereocenters. The maximum atomic E-state index is 12.7. The number of halogens is 3. The standard InChI is InChI=1S/C20H18F3N5O3/c1-12-16(11-26-28(12)17-8-5-14(10-24-17)20(21,22)23)18(29)25-9-13-3-6-15(7-4-13)27-19(30)31-2/h3-8,10-11H,9H2,1-2H3,(H,25,29)(H,27,30). The van der Waals surface area contributed by atoms with Gasteiger partial charge < -0.3 is 10.1 Å². The van der Waals surface area contributed by atoms with Gasteiger partial charge in [-0.3, -0.25) is 10.1 Å².